The first-order valence-electron chi connectivity index (χ1n) is 15.3. The van der Waals surface area contributed by atoms with Crippen LogP contribution in [0.25, 0.3) is 0 Å². The van der Waals surface area contributed by atoms with Crippen LogP contribution in [-0.2, 0) is 35.1 Å². The topological polar surface area (TPSA) is 238 Å². The van der Waals surface area contributed by atoms with Crippen LogP contribution in [0, 0.1) is 11.8 Å². The van der Waals surface area contributed by atoms with E-state index in [4.69, 9.17) is 20.7 Å². The number of nitrogens with two attached hydrogens (primary N) is 1. The molecule has 1 aromatic heterocycles. The number of aliphatic hydroxyl groups excluding tert-OH is 1. The van der Waals surface area contributed by atoms with Crippen LogP contribution >= 0.6 is 11.8 Å². The van der Waals surface area contributed by atoms with Gasteiger partial charge in [0, 0.05) is 31.0 Å². The minimum absolute atomic E-state index is 0.0901. The molecule has 46 heavy (non-hydrogen) atoms. The average Bonchev–Trinajstić information content (AvgIpc) is 3.34. The Kier molecular flexibility index (Phi) is 11.9. The molecule has 0 spiro atoms. The molecule has 2 heterocycles. The van der Waals surface area contributed by atoms with Crippen molar-refractivity contribution < 1.29 is 49.1 Å². The molecule has 0 saturated carbocycles. The van der Waals surface area contributed by atoms with Gasteiger partial charge in [0.25, 0.3) is 0 Å². The zero-order chi connectivity index (χ0) is 33.4. The Morgan fingerprint density at radius 2 is 1.78 bits per heavy atom. The van der Waals surface area contributed by atoms with E-state index in [0.29, 0.717) is 18.6 Å². The maximum atomic E-state index is 13.3. The van der Waals surface area contributed by atoms with Crippen LogP contribution in [0.2, 0.25) is 0 Å². The zero-order valence-electron chi connectivity index (χ0n) is 25.2. The number of hydrogen-bond acceptors (Lipinski definition) is 11. The molecular weight excluding hydrogens is 620 g/mol. The van der Waals surface area contributed by atoms with Gasteiger partial charge >= 0.3 is 17.9 Å². The quantitative estimate of drug-likeness (QED) is 0.0888. The lowest BCUT2D eigenvalue weighted by Gasteiger charge is -2.30. The highest BCUT2D eigenvalue weighted by Crippen LogP contribution is 2.47. The fraction of sp³-hybridized carbons (Fsp3) is 0.548. The Hall–Kier alpha value is -3.79. The van der Waals surface area contributed by atoms with Gasteiger partial charge in [0.1, 0.15) is 17.7 Å². The molecule has 8 N–H and O–H groups in total. The molecule has 15 heteroatoms. The molecular formula is C31H40N4O10S. The van der Waals surface area contributed by atoms with Crippen molar-refractivity contribution in [1.29, 1.82) is 0 Å². The van der Waals surface area contributed by atoms with Crippen molar-refractivity contribution in [2.45, 2.75) is 87.5 Å². The number of carbonyl (C=O) groups is 5. The summed E-state index contributed by atoms with van der Waals surface area (Å²) in [6.45, 7) is 0. The average molecular weight is 661 g/mol. The second-order valence-electron chi connectivity index (χ2n) is 11.9. The van der Waals surface area contributed by atoms with Gasteiger partial charge in [-0.25, -0.2) is 9.59 Å². The van der Waals surface area contributed by atoms with Gasteiger partial charge in [-0.05, 0) is 54.9 Å². The molecule has 1 aromatic rings. The van der Waals surface area contributed by atoms with Gasteiger partial charge in [-0.2, -0.15) is 0 Å². The first-order chi connectivity index (χ1) is 21.9. The lowest BCUT2D eigenvalue weighted by molar-refractivity contribution is -0.159. The molecule has 0 unspecified atom stereocenters. The van der Waals surface area contributed by atoms with E-state index >= 15 is 0 Å². The number of pyridine rings is 1. The predicted molar refractivity (Wildman–Crippen MR) is 164 cm³/mol. The van der Waals surface area contributed by atoms with E-state index in [-0.39, 0.29) is 22.9 Å². The first-order valence-corrected chi connectivity index (χ1v) is 16.3. The van der Waals surface area contributed by atoms with Crippen molar-refractivity contribution in [3.05, 3.63) is 53.1 Å². The fourth-order valence-corrected chi connectivity index (χ4v) is 7.32. The summed E-state index contributed by atoms with van der Waals surface area (Å²) < 4.78 is 5.95. The number of nitrogens with zero attached hydrogens (tertiary/aromatic N) is 1. The molecule has 0 fully saturated rings. The SMILES string of the molecule is N[C@@](O)(CCC(=O)N[C@@H](CS[C@@H]1CCCCCC[C@H]2CC(Cc3ccncc3)=C[C@H]3C(=O)OC1=C23)C(=O)N[C@@H](O)C(=O)O)C(=O)O. The van der Waals surface area contributed by atoms with Crippen LogP contribution < -0.4 is 16.4 Å². The minimum atomic E-state index is -2.67. The Morgan fingerprint density at radius 1 is 1.09 bits per heavy atom. The summed E-state index contributed by atoms with van der Waals surface area (Å²) in [6.07, 6.45) is 8.88. The van der Waals surface area contributed by atoms with Gasteiger partial charge in [0.15, 0.2) is 0 Å². The zero-order valence-corrected chi connectivity index (χ0v) is 26.0. The number of nitrogens with one attached hydrogen (secondary N) is 2. The Bertz CT molecular complexity index is 1380. The van der Waals surface area contributed by atoms with Gasteiger partial charge in [-0.1, -0.05) is 37.3 Å². The van der Waals surface area contributed by atoms with E-state index < -0.39 is 60.5 Å². The molecule has 6 atom stereocenters. The lowest BCUT2D eigenvalue weighted by Crippen LogP contribution is -2.53. The summed E-state index contributed by atoms with van der Waals surface area (Å²) in [4.78, 5) is 65.3. The minimum Gasteiger partial charge on any atom is -0.478 e. The van der Waals surface area contributed by atoms with Gasteiger partial charge in [0.05, 0.1) is 5.25 Å². The largest absolute Gasteiger partial charge is 0.478 e. The summed E-state index contributed by atoms with van der Waals surface area (Å²) in [7, 11) is 0. The molecule has 1 aliphatic heterocycles. The van der Waals surface area contributed by atoms with Crippen LogP contribution in [-0.4, -0.2) is 84.1 Å². The summed E-state index contributed by atoms with van der Waals surface area (Å²) in [5.74, 6) is -5.54. The summed E-state index contributed by atoms with van der Waals surface area (Å²) in [5.41, 5.74) is 5.84. The van der Waals surface area contributed by atoms with Crippen molar-refractivity contribution in [1.82, 2.24) is 15.6 Å². The highest BCUT2D eigenvalue weighted by Gasteiger charge is 2.44. The fourth-order valence-electron chi connectivity index (χ4n) is 5.99. The van der Waals surface area contributed by atoms with E-state index in [1.807, 2.05) is 23.5 Å². The second kappa shape index (κ2) is 15.7. The Morgan fingerprint density at radius 3 is 2.46 bits per heavy atom. The smallest absolute Gasteiger partial charge is 0.353 e. The number of amides is 2. The highest BCUT2D eigenvalue weighted by molar-refractivity contribution is 8.00. The van der Waals surface area contributed by atoms with Crippen molar-refractivity contribution in [3.8, 4) is 0 Å². The molecule has 4 rings (SSSR count). The molecule has 14 nitrogen and oxygen atoms in total. The van der Waals surface area contributed by atoms with Crippen molar-refractivity contribution in [3.63, 3.8) is 0 Å². The number of hydrogen-bond donors (Lipinski definition) is 7. The number of allylic oxidation sites excluding steroid dienone is 1. The van der Waals surface area contributed by atoms with E-state index in [1.165, 1.54) is 11.8 Å². The third kappa shape index (κ3) is 9.15. The van der Waals surface area contributed by atoms with Crippen LogP contribution in [0.3, 0.4) is 0 Å². The van der Waals surface area contributed by atoms with Crippen molar-refractivity contribution in [2.75, 3.05) is 5.75 Å². The molecule has 2 amide bonds. The summed E-state index contributed by atoms with van der Waals surface area (Å²) in [5, 5.41) is 41.5. The Balaban J connectivity index is 1.55. The van der Waals surface area contributed by atoms with Gasteiger partial charge < -0.3 is 35.8 Å². The number of carboxylic acids is 2. The second-order valence-corrected chi connectivity index (χ2v) is 13.1. The van der Waals surface area contributed by atoms with E-state index in [1.54, 1.807) is 12.4 Å². The Labute approximate surface area is 269 Å². The van der Waals surface area contributed by atoms with E-state index in [0.717, 1.165) is 55.2 Å². The number of aliphatic carboxylic acids is 2. The standard InChI is InChI=1S/C31H40N4O10S/c32-31(44,30(42)43)10-7-23(36)34-21(26(37)35-27(38)28(39)40)16-46-22-6-4-2-1-3-5-19-14-18(13-17-8-11-33-12-9-17)15-20-24(19)25(22)45-29(20)41/h8-9,11-12,15,19-22,27,38,44H,1-7,10,13-14,16,32H2,(H,34,36)(H,35,37)(H,39,40)(H,42,43)/t19-,20+,21-,22+,27-,31+/m0/s1. The maximum Gasteiger partial charge on any atom is 0.353 e. The van der Waals surface area contributed by atoms with Crippen LogP contribution in [0.1, 0.15) is 63.4 Å². The molecule has 3 aliphatic rings. The number of thioether (sulfide) groups is 1. The monoisotopic (exact) mass is 660 g/mol. The predicted octanol–water partition coefficient (Wildman–Crippen LogP) is 0.970. The number of rotatable bonds is 13. The van der Waals surface area contributed by atoms with Gasteiger partial charge in [0.2, 0.25) is 23.8 Å². The molecule has 0 aromatic carbocycles. The number of aromatic nitrogens is 1. The van der Waals surface area contributed by atoms with Crippen LogP contribution in [0.15, 0.2) is 47.5 Å². The number of aliphatic hydroxyl groups is 2. The van der Waals surface area contributed by atoms with Gasteiger partial charge in [-0.3, -0.25) is 25.1 Å². The molecule has 250 valence electrons. The molecule has 0 saturated heterocycles. The number of ether oxygens (including phenoxy) is 1. The molecule has 0 radical (unpaired) electrons. The number of carbonyl (C=O) groups excluding carboxylic acids is 3. The maximum absolute atomic E-state index is 13.3. The third-order valence-electron chi connectivity index (χ3n) is 8.41. The van der Waals surface area contributed by atoms with E-state index in [2.05, 4.69) is 10.3 Å². The van der Waals surface area contributed by atoms with Crippen molar-refractivity contribution in [2.24, 2.45) is 17.6 Å². The molecule has 0 bridgehead atoms. The lowest BCUT2D eigenvalue weighted by atomic mass is 9.74. The van der Waals surface area contributed by atoms with Crippen molar-refractivity contribution >= 4 is 41.5 Å². The van der Waals surface area contributed by atoms with Crippen LogP contribution in [0.5, 0.6) is 0 Å². The number of esters is 1. The van der Waals surface area contributed by atoms with E-state index in [9.17, 15) is 34.2 Å². The van der Waals surface area contributed by atoms with Crippen LogP contribution in [0.4, 0.5) is 0 Å². The number of carboxylic acid groups (broad SMARTS) is 2. The third-order valence-corrected chi connectivity index (χ3v) is 9.79. The first kappa shape index (κ1) is 35.1. The molecule has 2 aliphatic carbocycles. The normalized spacial score (nSPS) is 23.9. The highest BCUT2D eigenvalue weighted by atomic mass is 32.2. The summed E-state index contributed by atoms with van der Waals surface area (Å²) in [6, 6.07) is 2.55. The van der Waals surface area contributed by atoms with Gasteiger partial charge in [-0.15, -0.1) is 11.8 Å². The summed E-state index contributed by atoms with van der Waals surface area (Å²) >= 11 is 1.26.